The number of nitrogens with zero attached hydrogens (tertiary/aromatic N) is 3. The molecule has 0 amide bonds. The molecule has 0 aromatic heterocycles. The number of aryl methyl sites for hydroxylation is 1. The number of hydrogen-bond donors (Lipinski definition) is 0. The Morgan fingerprint density at radius 3 is 2.79 bits per heavy atom. The third-order valence-electron chi connectivity index (χ3n) is 2.89. The molecule has 2 rings (SSSR count). The Balaban J connectivity index is 2.46. The average Bonchev–Trinajstić information content (AvgIpc) is 2.42. The monoisotopic (exact) mass is 251 g/mol. The van der Waals surface area contributed by atoms with Gasteiger partial charge in [0.1, 0.15) is 0 Å². The molecule has 0 radical (unpaired) electrons. The van der Waals surface area contributed by atoms with E-state index in [0.29, 0.717) is 0 Å². The van der Waals surface area contributed by atoms with Crippen molar-refractivity contribution >= 4 is 24.3 Å². The van der Waals surface area contributed by atoms with Crippen molar-refractivity contribution in [1.82, 2.24) is 0 Å². The first-order chi connectivity index (χ1) is 9.26. The van der Waals surface area contributed by atoms with Crippen LogP contribution in [0.4, 0.5) is 0 Å². The normalized spacial score (nSPS) is 18.7. The number of aliphatic imine (C=N–C) groups is 3. The summed E-state index contributed by atoms with van der Waals surface area (Å²) in [6.45, 7) is 8.32. The minimum absolute atomic E-state index is 0.726. The van der Waals surface area contributed by atoms with Gasteiger partial charge >= 0.3 is 0 Å². The fourth-order valence-electron chi connectivity index (χ4n) is 1.98. The summed E-state index contributed by atoms with van der Waals surface area (Å²) < 4.78 is 0. The molecule has 1 aliphatic heterocycles. The molecule has 96 valence electrons. The standard InChI is InChI=1S/C16H17N3/c1-4-18-16-11-19-15(9-13(16)10-17-3)14-8-6-5-7-12(14)2/h5-11H,3-4H2,1-2H3/b13-10-,18-16-. The van der Waals surface area contributed by atoms with E-state index in [4.69, 9.17) is 0 Å². The molecule has 1 aromatic carbocycles. The first-order valence-corrected chi connectivity index (χ1v) is 6.29. The summed E-state index contributed by atoms with van der Waals surface area (Å²) in [5.74, 6) is 0. The molecule has 0 aliphatic carbocycles. The summed E-state index contributed by atoms with van der Waals surface area (Å²) in [6, 6.07) is 8.19. The van der Waals surface area contributed by atoms with Crippen LogP contribution in [0.1, 0.15) is 18.1 Å². The van der Waals surface area contributed by atoms with Gasteiger partial charge in [-0.25, -0.2) is 0 Å². The lowest BCUT2D eigenvalue weighted by Crippen LogP contribution is -2.09. The molecule has 0 bridgehead atoms. The Labute approximate surface area is 113 Å². The van der Waals surface area contributed by atoms with E-state index in [2.05, 4.69) is 40.8 Å². The summed E-state index contributed by atoms with van der Waals surface area (Å²) in [5, 5.41) is 0. The van der Waals surface area contributed by atoms with Crippen molar-refractivity contribution in [3.63, 3.8) is 0 Å². The quantitative estimate of drug-likeness (QED) is 0.738. The Morgan fingerprint density at radius 2 is 2.11 bits per heavy atom. The predicted molar refractivity (Wildman–Crippen MR) is 83.3 cm³/mol. The molecule has 3 nitrogen and oxygen atoms in total. The van der Waals surface area contributed by atoms with Crippen LogP contribution in [0.3, 0.4) is 0 Å². The van der Waals surface area contributed by atoms with Gasteiger partial charge in [0, 0.05) is 23.9 Å². The molecule has 19 heavy (non-hydrogen) atoms. The third-order valence-corrected chi connectivity index (χ3v) is 2.89. The molecular formula is C16H17N3. The van der Waals surface area contributed by atoms with E-state index in [0.717, 1.165) is 29.1 Å². The van der Waals surface area contributed by atoms with Crippen LogP contribution < -0.4 is 0 Å². The largest absolute Gasteiger partial charge is 0.283 e. The zero-order valence-corrected chi connectivity index (χ0v) is 11.3. The van der Waals surface area contributed by atoms with E-state index >= 15 is 0 Å². The van der Waals surface area contributed by atoms with Crippen LogP contribution in [0.15, 0.2) is 57.1 Å². The van der Waals surface area contributed by atoms with Gasteiger partial charge in [0.15, 0.2) is 0 Å². The van der Waals surface area contributed by atoms with E-state index in [1.165, 1.54) is 5.56 Å². The second kappa shape index (κ2) is 6.05. The maximum Gasteiger partial charge on any atom is 0.0845 e. The first kappa shape index (κ1) is 13.1. The fraction of sp³-hybridized carbons (Fsp3) is 0.188. The van der Waals surface area contributed by atoms with Gasteiger partial charge in [-0.15, -0.1) is 0 Å². The van der Waals surface area contributed by atoms with Gasteiger partial charge in [-0.05, 0) is 32.2 Å². The van der Waals surface area contributed by atoms with Gasteiger partial charge in [-0.1, -0.05) is 24.3 Å². The van der Waals surface area contributed by atoms with E-state index in [1.807, 2.05) is 25.1 Å². The first-order valence-electron chi connectivity index (χ1n) is 6.29. The topological polar surface area (TPSA) is 37.1 Å². The van der Waals surface area contributed by atoms with Crippen LogP contribution in [-0.2, 0) is 0 Å². The number of benzene rings is 1. The van der Waals surface area contributed by atoms with Gasteiger partial charge in [0.2, 0.25) is 0 Å². The highest BCUT2D eigenvalue weighted by Crippen LogP contribution is 2.24. The number of hydrogen-bond acceptors (Lipinski definition) is 3. The molecule has 0 N–H and O–H groups in total. The second-order valence-corrected chi connectivity index (χ2v) is 4.23. The highest BCUT2D eigenvalue weighted by molar-refractivity contribution is 6.41. The van der Waals surface area contributed by atoms with Gasteiger partial charge in [-0.2, -0.15) is 0 Å². The molecule has 0 saturated heterocycles. The average molecular weight is 251 g/mol. The van der Waals surface area contributed by atoms with Crippen LogP contribution in [0.2, 0.25) is 0 Å². The van der Waals surface area contributed by atoms with Crippen molar-refractivity contribution < 1.29 is 0 Å². The lowest BCUT2D eigenvalue weighted by molar-refractivity contribution is 1.13. The molecule has 1 aliphatic rings. The minimum Gasteiger partial charge on any atom is -0.283 e. The summed E-state index contributed by atoms with van der Waals surface area (Å²) in [4.78, 5) is 12.7. The molecule has 1 heterocycles. The third kappa shape index (κ3) is 2.94. The Bertz CT molecular complexity index is 604. The Morgan fingerprint density at radius 1 is 1.32 bits per heavy atom. The van der Waals surface area contributed by atoms with Crippen molar-refractivity contribution in [3.8, 4) is 0 Å². The summed E-state index contributed by atoms with van der Waals surface area (Å²) in [5.41, 5.74) is 5.07. The smallest absolute Gasteiger partial charge is 0.0845 e. The van der Waals surface area contributed by atoms with Crippen LogP contribution in [0.5, 0.6) is 0 Å². The summed E-state index contributed by atoms with van der Waals surface area (Å²) in [7, 11) is 0. The fourth-order valence-corrected chi connectivity index (χ4v) is 1.98. The highest BCUT2D eigenvalue weighted by Gasteiger charge is 2.12. The van der Waals surface area contributed by atoms with Crippen molar-refractivity contribution in [2.24, 2.45) is 15.0 Å². The lowest BCUT2D eigenvalue weighted by Gasteiger charge is -2.12. The Hall–Kier alpha value is -2.29. The molecule has 0 unspecified atom stereocenters. The van der Waals surface area contributed by atoms with Crippen LogP contribution >= 0.6 is 0 Å². The molecule has 1 aromatic rings. The zero-order chi connectivity index (χ0) is 13.7. The second-order valence-electron chi connectivity index (χ2n) is 4.23. The number of allylic oxidation sites excluding steroid dienone is 2. The van der Waals surface area contributed by atoms with E-state index in [9.17, 15) is 0 Å². The van der Waals surface area contributed by atoms with Gasteiger partial charge in [0.05, 0.1) is 17.6 Å². The maximum absolute atomic E-state index is 4.50. The lowest BCUT2D eigenvalue weighted by atomic mass is 10.0. The van der Waals surface area contributed by atoms with Crippen molar-refractivity contribution in [2.75, 3.05) is 6.54 Å². The zero-order valence-electron chi connectivity index (χ0n) is 11.3. The predicted octanol–water partition coefficient (Wildman–Crippen LogP) is 3.47. The van der Waals surface area contributed by atoms with E-state index < -0.39 is 0 Å². The molecule has 0 spiro atoms. The van der Waals surface area contributed by atoms with Crippen LogP contribution in [-0.4, -0.2) is 25.2 Å². The molecule has 0 atom stereocenters. The van der Waals surface area contributed by atoms with Crippen LogP contribution in [0, 0.1) is 6.92 Å². The minimum atomic E-state index is 0.726. The molecular weight excluding hydrogens is 234 g/mol. The highest BCUT2D eigenvalue weighted by atomic mass is 14.8. The molecule has 0 fully saturated rings. The van der Waals surface area contributed by atoms with Gasteiger partial charge in [-0.3, -0.25) is 15.0 Å². The summed E-state index contributed by atoms with van der Waals surface area (Å²) >= 11 is 0. The SMILES string of the molecule is C=N/C=C1/C=C(c2ccccc2C)N=C/C1=N/CC. The molecule has 0 saturated carbocycles. The van der Waals surface area contributed by atoms with Gasteiger partial charge in [0.25, 0.3) is 0 Å². The van der Waals surface area contributed by atoms with Crippen molar-refractivity contribution in [2.45, 2.75) is 13.8 Å². The van der Waals surface area contributed by atoms with E-state index in [-0.39, 0.29) is 0 Å². The van der Waals surface area contributed by atoms with E-state index in [1.54, 1.807) is 12.4 Å². The number of rotatable bonds is 3. The Kier molecular flexibility index (Phi) is 4.18. The van der Waals surface area contributed by atoms with Crippen LogP contribution in [0.25, 0.3) is 5.70 Å². The van der Waals surface area contributed by atoms with Crippen molar-refractivity contribution in [1.29, 1.82) is 0 Å². The van der Waals surface area contributed by atoms with Gasteiger partial charge < -0.3 is 0 Å². The molecule has 3 heteroatoms. The maximum atomic E-state index is 4.50. The van der Waals surface area contributed by atoms with Crippen molar-refractivity contribution in [3.05, 3.63) is 53.2 Å². The summed E-state index contributed by atoms with van der Waals surface area (Å²) in [6.07, 6.45) is 5.52.